The Labute approximate surface area is 180 Å². The van der Waals surface area contributed by atoms with Crippen LogP contribution in [0.15, 0.2) is 48.5 Å². The molecule has 6 heteroatoms. The molecule has 0 spiro atoms. The van der Waals surface area contributed by atoms with Crippen molar-refractivity contribution in [1.29, 1.82) is 0 Å². The summed E-state index contributed by atoms with van der Waals surface area (Å²) in [6.07, 6.45) is 0.940. The average molecular weight is 505 g/mol. The number of rotatable bonds is 3. The number of aryl methyl sites for hydroxylation is 1. The summed E-state index contributed by atoms with van der Waals surface area (Å²) >= 11 is 7.44. The predicted octanol–water partition coefficient (Wildman–Crippen LogP) is 5.07. The fraction of sp³-hybridized carbons (Fsp3) is 0.364. The van der Waals surface area contributed by atoms with Gasteiger partial charge in [-0.2, -0.15) is 0 Å². The minimum atomic E-state index is -0.195. The van der Waals surface area contributed by atoms with E-state index in [9.17, 15) is 9.59 Å². The monoisotopic (exact) mass is 503 g/mol. The van der Waals surface area contributed by atoms with Gasteiger partial charge in [0.15, 0.2) is 0 Å². The maximum absolute atomic E-state index is 13.1. The number of hydrogen-bond acceptors (Lipinski definition) is 3. The Bertz CT molecular complexity index is 929. The van der Waals surface area contributed by atoms with Crippen LogP contribution in [0.3, 0.4) is 0 Å². The lowest BCUT2D eigenvalue weighted by Gasteiger charge is -2.28. The van der Waals surface area contributed by atoms with Crippen LogP contribution in [0.5, 0.6) is 11.5 Å². The molecule has 2 saturated carbocycles. The summed E-state index contributed by atoms with van der Waals surface area (Å²) in [6, 6.07) is 15.0. The first kappa shape index (κ1) is 18.4. The van der Waals surface area contributed by atoms with Crippen LogP contribution < -0.4 is 9.64 Å². The normalized spacial score (nSPS) is 33.5. The fourth-order valence-corrected chi connectivity index (χ4v) is 6.95. The van der Waals surface area contributed by atoms with E-state index in [1.54, 1.807) is 12.1 Å². The lowest BCUT2D eigenvalue weighted by molar-refractivity contribution is -0.123. The Morgan fingerprint density at radius 1 is 0.893 bits per heavy atom. The third-order valence-electron chi connectivity index (χ3n) is 6.31. The molecule has 3 aliphatic rings. The lowest BCUT2D eigenvalue weighted by Crippen LogP contribution is -2.37. The summed E-state index contributed by atoms with van der Waals surface area (Å²) < 4.78 is 5.88. The molecule has 2 aromatic carbocycles. The molecular weight excluding hydrogens is 486 g/mol. The highest BCUT2D eigenvalue weighted by Crippen LogP contribution is 2.60. The molecule has 0 radical (unpaired) electrons. The summed E-state index contributed by atoms with van der Waals surface area (Å²) in [6.45, 7) is 2.01. The van der Waals surface area contributed by atoms with Crippen molar-refractivity contribution in [2.45, 2.75) is 23.0 Å². The van der Waals surface area contributed by atoms with E-state index >= 15 is 0 Å². The molecule has 1 heterocycles. The van der Waals surface area contributed by atoms with Gasteiger partial charge in [0.25, 0.3) is 0 Å². The smallest absolute Gasteiger partial charge is 0.238 e. The minimum Gasteiger partial charge on any atom is -0.457 e. The van der Waals surface area contributed by atoms with E-state index in [0.717, 1.165) is 17.7 Å². The third-order valence-corrected chi connectivity index (χ3v) is 9.51. The number of amides is 2. The molecule has 28 heavy (non-hydrogen) atoms. The van der Waals surface area contributed by atoms with Crippen LogP contribution in [0.2, 0.25) is 0 Å². The Morgan fingerprint density at radius 3 is 2.07 bits per heavy atom. The van der Waals surface area contributed by atoms with Crippen molar-refractivity contribution < 1.29 is 14.3 Å². The molecule has 2 aliphatic carbocycles. The highest BCUT2D eigenvalue weighted by Gasteiger charge is 2.66. The van der Waals surface area contributed by atoms with E-state index in [1.165, 1.54) is 4.90 Å². The van der Waals surface area contributed by atoms with E-state index in [1.807, 2.05) is 43.3 Å². The van der Waals surface area contributed by atoms with Gasteiger partial charge in [0, 0.05) is 9.65 Å². The quantitative estimate of drug-likeness (QED) is 0.433. The number of anilines is 1. The van der Waals surface area contributed by atoms with Gasteiger partial charge in [0.1, 0.15) is 11.5 Å². The lowest BCUT2D eigenvalue weighted by atomic mass is 9.81. The summed E-state index contributed by atoms with van der Waals surface area (Å²) in [5.74, 6) is 1.39. The number of benzene rings is 2. The highest BCUT2D eigenvalue weighted by atomic mass is 79.9. The van der Waals surface area contributed by atoms with Gasteiger partial charge in [-0.05, 0) is 67.1 Å². The van der Waals surface area contributed by atoms with E-state index in [2.05, 4.69) is 31.9 Å². The van der Waals surface area contributed by atoms with Gasteiger partial charge in [0.2, 0.25) is 11.8 Å². The van der Waals surface area contributed by atoms with Crippen LogP contribution in [0.1, 0.15) is 12.0 Å². The number of nitrogens with zero attached hydrogens (tertiary/aromatic N) is 1. The van der Waals surface area contributed by atoms with Gasteiger partial charge in [-0.1, -0.05) is 44.0 Å². The number of ether oxygens (including phenoxy) is 1. The SMILES string of the molecule is Cc1cccc(Oc2ccc(N3C(=O)[C@H]4[C@@H]5C[C@H]([C@@H](Br)[C@H]5Br)[C@@H]4C3=O)cc2)c1. The van der Waals surface area contributed by atoms with Crippen molar-refractivity contribution in [3.63, 3.8) is 0 Å². The molecule has 2 aromatic rings. The molecule has 0 N–H and O–H groups in total. The molecule has 5 rings (SSSR count). The fourth-order valence-electron chi connectivity index (χ4n) is 5.08. The number of alkyl halides is 2. The second kappa shape index (κ2) is 6.70. The van der Waals surface area contributed by atoms with Crippen molar-refractivity contribution in [2.24, 2.45) is 23.7 Å². The number of halogens is 2. The molecule has 2 amide bonds. The molecule has 0 aromatic heterocycles. The zero-order valence-corrected chi connectivity index (χ0v) is 18.4. The van der Waals surface area contributed by atoms with Crippen molar-refractivity contribution in [2.75, 3.05) is 4.90 Å². The Morgan fingerprint density at radius 2 is 1.50 bits per heavy atom. The van der Waals surface area contributed by atoms with Crippen LogP contribution in [0.4, 0.5) is 5.69 Å². The van der Waals surface area contributed by atoms with Crippen LogP contribution >= 0.6 is 31.9 Å². The molecule has 1 aliphatic heterocycles. The van der Waals surface area contributed by atoms with Crippen LogP contribution in [-0.4, -0.2) is 21.5 Å². The maximum atomic E-state index is 13.1. The van der Waals surface area contributed by atoms with Crippen molar-refractivity contribution in [1.82, 2.24) is 0 Å². The van der Waals surface area contributed by atoms with Crippen LogP contribution in [0.25, 0.3) is 0 Å². The first-order valence-electron chi connectivity index (χ1n) is 9.46. The summed E-state index contributed by atoms with van der Waals surface area (Å²) in [7, 11) is 0. The van der Waals surface area contributed by atoms with E-state index in [-0.39, 0.29) is 45.1 Å². The van der Waals surface area contributed by atoms with E-state index < -0.39 is 0 Å². The first-order valence-corrected chi connectivity index (χ1v) is 11.3. The van der Waals surface area contributed by atoms with Crippen molar-refractivity contribution >= 4 is 49.4 Å². The second-order valence-corrected chi connectivity index (χ2v) is 10.0. The third kappa shape index (κ3) is 2.68. The summed E-state index contributed by atoms with van der Waals surface area (Å²) in [4.78, 5) is 28.1. The number of hydrogen-bond donors (Lipinski definition) is 0. The molecule has 0 unspecified atom stereocenters. The largest absolute Gasteiger partial charge is 0.457 e. The highest BCUT2D eigenvalue weighted by molar-refractivity contribution is 9.12. The molecule has 3 fully saturated rings. The topological polar surface area (TPSA) is 46.6 Å². The molecule has 1 saturated heterocycles. The molecular formula is C22H19Br2NO3. The first-order chi connectivity index (χ1) is 13.5. The van der Waals surface area contributed by atoms with Gasteiger partial charge in [-0.3, -0.25) is 14.5 Å². The maximum Gasteiger partial charge on any atom is 0.238 e. The number of carbonyl (C=O) groups excluding carboxylic acids is 2. The Kier molecular flexibility index (Phi) is 4.40. The second-order valence-electron chi connectivity index (χ2n) is 7.93. The zero-order valence-electron chi connectivity index (χ0n) is 15.2. The molecule has 6 atom stereocenters. The predicted molar refractivity (Wildman–Crippen MR) is 114 cm³/mol. The molecule has 4 nitrogen and oxygen atoms in total. The molecule has 2 bridgehead atoms. The van der Waals surface area contributed by atoms with Gasteiger partial charge in [-0.15, -0.1) is 0 Å². The van der Waals surface area contributed by atoms with Gasteiger partial charge < -0.3 is 4.74 Å². The minimum absolute atomic E-state index is 0.0568. The van der Waals surface area contributed by atoms with Gasteiger partial charge >= 0.3 is 0 Å². The standard InChI is InChI=1S/C22H19Br2NO3/c1-11-3-2-4-14(9-11)28-13-7-5-12(6-8-13)25-21(26)17-15-10-16(18(17)22(25)27)20(24)19(15)23/h2-9,15-20H,10H2,1H3/t15-,16-,17-,18-,19-,20+/m0/s1. The van der Waals surface area contributed by atoms with E-state index in [0.29, 0.717) is 11.4 Å². The number of fused-ring (bicyclic) bond motifs is 5. The summed E-state index contributed by atoms with van der Waals surface area (Å²) in [5, 5.41) is 0. The van der Waals surface area contributed by atoms with Crippen LogP contribution in [-0.2, 0) is 9.59 Å². The molecule has 144 valence electrons. The van der Waals surface area contributed by atoms with Crippen LogP contribution in [0, 0.1) is 30.6 Å². The Hall–Kier alpha value is -1.66. The van der Waals surface area contributed by atoms with Gasteiger partial charge in [0.05, 0.1) is 17.5 Å². The van der Waals surface area contributed by atoms with Crippen molar-refractivity contribution in [3.8, 4) is 11.5 Å². The van der Waals surface area contributed by atoms with Gasteiger partial charge in [-0.25, -0.2) is 0 Å². The number of carbonyl (C=O) groups is 2. The Balaban J connectivity index is 1.38. The zero-order chi connectivity index (χ0) is 19.6. The van der Waals surface area contributed by atoms with Crippen molar-refractivity contribution in [3.05, 3.63) is 54.1 Å². The number of imide groups is 1. The summed E-state index contributed by atoms with van der Waals surface area (Å²) in [5.41, 5.74) is 1.75. The van der Waals surface area contributed by atoms with E-state index in [4.69, 9.17) is 4.74 Å². The average Bonchev–Trinajstić information content (AvgIpc) is 3.28.